The Hall–Kier alpha value is -1.73. The number of rotatable bonds is 5. The van der Waals surface area contributed by atoms with Crippen molar-refractivity contribution in [3.05, 3.63) is 29.3 Å². The van der Waals surface area contributed by atoms with Gasteiger partial charge in [-0.25, -0.2) is 4.79 Å². The predicted molar refractivity (Wildman–Crippen MR) is 75.5 cm³/mol. The van der Waals surface area contributed by atoms with Crippen LogP contribution in [0.15, 0.2) is 29.2 Å². The van der Waals surface area contributed by atoms with Crippen molar-refractivity contribution in [2.45, 2.75) is 17.9 Å². The Morgan fingerprint density at radius 3 is 2.50 bits per heavy atom. The van der Waals surface area contributed by atoms with Gasteiger partial charge in [0, 0.05) is 9.92 Å². The van der Waals surface area contributed by atoms with Crippen LogP contribution in [0, 0.1) is 0 Å². The molecule has 0 aliphatic rings. The van der Waals surface area contributed by atoms with Crippen LogP contribution in [0.25, 0.3) is 0 Å². The molecule has 0 heterocycles. The van der Waals surface area contributed by atoms with Crippen LogP contribution in [0.5, 0.6) is 0 Å². The number of primary amides is 1. The van der Waals surface area contributed by atoms with E-state index in [1.165, 1.54) is 18.7 Å². The molecule has 0 aliphatic heterocycles. The molecule has 0 aromatic heterocycles. The maximum Gasteiger partial charge on any atom is 0.318 e. The van der Waals surface area contributed by atoms with Crippen molar-refractivity contribution in [2.24, 2.45) is 5.73 Å². The maximum atomic E-state index is 11.5. The summed E-state index contributed by atoms with van der Waals surface area (Å²) in [6.07, 6.45) is -1.08. The quantitative estimate of drug-likeness (QED) is 0.634. The van der Waals surface area contributed by atoms with Gasteiger partial charge in [-0.2, -0.15) is 0 Å². The minimum Gasteiger partial charge on any atom is -0.452 e. The zero-order chi connectivity index (χ0) is 15.1. The molecule has 20 heavy (non-hydrogen) atoms. The summed E-state index contributed by atoms with van der Waals surface area (Å²) in [5.74, 6) is -1.30. The number of urea groups is 1. The molecule has 108 valence electrons. The molecule has 3 N–H and O–H groups in total. The highest BCUT2D eigenvalue weighted by molar-refractivity contribution is 8.00. The van der Waals surface area contributed by atoms with Crippen molar-refractivity contribution in [3.63, 3.8) is 0 Å². The van der Waals surface area contributed by atoms with Crippen molar-refractivity contribution in [1.82, 2.24) is 5.32 Å². The van der Waals surface area contributed by atoms with Crippen LogP contribution >= 0.6 is 23.4 Å². The van der Waals surface area contributed by atoms with Crippen molar-refractivity contribution in [1.29, 1.82) is 0 Å². The molecule has 0 radical (unpaired) electrons. The summed E-state index contributed by atoms with van der Waals surface area (Å²) >= 11 is 6.98. The Labute approximate surface area is 125 Å². The number of carbonyl (C=O) groups is 3. The van der Waals surface area contributed by atoms with Crippen molar-refractivity contribution < 1.29 is 19.1 Å². The number of nitrogens with two attached hydrogens (primary N) is 1. The average Bonchev–Trinajstić information content (AvgIpc) is 2.37. The van der Waals surface area contributed by atoms with E-state index in [0.29, 0.717) is 5.02 Å². The monoisotopic (exact) mass is 316 g/mol. The summed E-state index contributed by atoms with van der Waals surface area (Å²) < 4.78 is 4.85. The second-order valence-corrected chi connectivity index (χ2v) is 5.21. The number of nitrogens with one attached hydrogen (secondary N) is 1. The van der Waals surface area contributed by atoms with Crippen LogP contribution in [0.1, 0.15) is 6.92 Å². The van der Waals surface area contributed by atoms with Gasteiger partial charge < -0.3 is 10.5 Å². The van der Waals surface area contributed by atoms with Gasteiger partial charge in [-0.3, -0.25) is 14.9 Å². The molecular weight excluding hydrogens is 304 g/mol. The summed E-state index contributed by atoms with van der Waals surface area (Å²) in [6, 6.07) is 5.96. The van der Waals surface area contributed by atoms with Gasteiger partial charge in [-0.15, -0.1) is 11.8 Å². The van der Waals surface area contributed by atoms with Gasteiger partial charge in [0.1, 0.15) is 0 Å². The van der Waals surface area contributed by atoms with Gasteiger partial charge in [0.2, 0.25) is 0 Å². The predicted octanol–water partition coefficient (Wildman–Crippen LogP) is 1.56. The molecule has 1 unspecified atom stereocenters. The van der Waals surface area contributed by atoms with Crippen LogP contribution in [0.2, 0.25) is 5.02 Å². The highest BCUT2D eigenvalue weighted by Gasteiger charge is 2.18. The standard InChI is InChI=1S/C12H13ClN2O4S/c1-7(11(17)15-12(14)18)19-10(16)6-20-9-4-2-8(13)3-5-9/h2-5,7H,6H2,1H3,(H3,14,15,17,18). The average molecular weight is 317 g/mol. The van der Waals surface area contributed by atoms with Gasteiger partial charge in [-0.05, 0) is 31.2 Å². The van der Waals surface area contributed by atoms with Gasteiger partial charge in [0.15, 0.2) is 6.10 Å². The Bertz CT molecular complexity index is 507. The lowest BCUT2D eigenvalue weighted by Crippen LogP contribution is -2.42. The third kappa shape index (κ3) is 5.94. The number of ether oxygens (including phenoxy) is 1. The van der Waals surface area contributed by atoms with Crippen LogP contribution in [-0.4, -0.2) is 29.8 Å². The molecule has 0 saturated carbocycles. The van der Waals surface area contributed by atoms with Crippen molar-refractivity contribution in [2.75, 3.05) is 5.75 Å². The second-order valence-electron chi connectivity index (χ2n) is 3.73. The summed E-state index contributed by atoms with van der Waals surface area (Å²) in [6.45, 7) is 1.35. The molecule has 1 aromatic carbocycles. The number of halogens is 1. The zero-order valence-electron chi connectivity index (χ0n) is 10.6. The summed E-state index contributed by atoms with van der Waals surface area (Å²) in [5, 5.41) is 2.43. The van der Waals surface area contributed by atoms with Crippen molar-refractivity contribution >= 4 is 41.3 Å². The molecule has 3 amide bonds. The van der Waals surface area contributed by atoms with Crippen LogP contribution in [-0.2, 0) is 14.3 Å². The minimum atomic E-state index is -1.08. The van der Waals surface area contributed by atoms with Gasteiger partial charge in [-0.1, -0.05) is 11.6 Å². The van der Waals surface area contributed by atoms with Crippen molar-refractivity contribution in [3.8, 4) is 0 Å². The van der Waals surface area contributed by atoms with E-state index in [1.54, 1.807) is 24.3 Å². The highest BCUT2D eigenvalue weighted by Crippen LogP contribution is 2.20. The Kier molecular flexibility index (Phi) is 6.33. The third-order valence-corrected chi connectivity index (χ3v) is 3.33. The van der Waals surface area contributed by atoms with E-state index in [4.69, 9.17) is 22.1 Å². The minimum absolute atomic E-state index is 0.0375. The first kappa shape index (κ1) is 16.3. The fourth-order valence-corrected chi connectivity index (χ4v) is 1.99. The summed E-state index contributed by atoms with van der Waals surface area (Å²) in [5.41, 5.74) is 4.78. The third-order valence-electron chi connectivity index (χ3n) is 2.09. The summed E-state index contributed by atoms with van der Waals surface area (Å²) in [4.78, 5) is 34.1. The van der Waals surface area contributed by atoms with E-state index in [2.05, 4.69) is 0 Å². The smallest absolute Gasteiger partial charge is 0.318 e. The zero-order valence-corrected chi connectivity index (χ0v) is 12.2. The fraction of sp³-hybridized carbons (Fsp3) is 0.250. The first-order chi connectivity index (χ1) is 9.38. The normalized spacial score (nSPS) is 11.5. The number of thioether (sulfide) groups is 1. The number of esters is 1. The van der Waals surface area contributed by atoms with Crippen LogP contribution < -0.4 is 11.1 Å². The van der Waals surface area contributed by atoms with Crippen LogP contribution in [0.3, 0.4) is 0 Å². The lowest BCUT2D eigenvalue weighted by Gasteiger charge is -2.11. The maximum absolute atomic E-state index is 11.5. The van der Waals surface area contributed by atoms with E-state index in [-0.39, 0.29) is 5.75 Å². The van der Waals surface area contributed by atoms with E-state index in [0.717, 1.165) is 4.90 Å². The lowest BCUT2D eigenvalue weighted by atomic mass is 10.4. The van der Waals surface area contributed by atoms with Gasteiger partial charge in [0.05, 0.1) is 5.75 Å². The summed E-state index contributed by atoms with van der Waals surface area (Å²) in [7, 11) is 0. The molecule has 0 aliphatic carbocycles. The van der Waals surface area contributed by atoms with Gasteiger partial charge >= 0.3 is 12.0 Å². The molecule has 1 rings (SSSR count). The lowest BCUT2D eigenvalue weighted by molar-refractivity contribution is -0.151. The number of benzene rings is 1. The number of imide groups is 1. The molecule has 0 fully saturated rings. The van der Waals surface area contributed by atoms with E-state index in [1.807, 2.05) is 5.32 Å². The topological polar surface area (TPSA) is 98.5 Å². The number of hydrogen-bond acceptors (Lipinski definition) is 5. The number of hydrogen-bond donors (Lipinski definition) is 2. The largest absolute Gasteiger partial charge is 0.452 e. The molecule has 6 nitrogen and oxygen atoms in total. The number of carbonyl (C=O) groups excluding carboxylic acids is 3. The molecule has 0 spiro atoms. The van der Waals surface area contributed by atoms with Crippen LogP contribution in [0.4, 0.5) is 4.79 Å². The SMILES string of the molecule is CC(OC(=O)CSc1ccc(Cl)cc1)C(=O)NC(N)=O. The number of amides is 3. The molecule has 8 heteroatoms. The highest BCUT2D eigenvalue weighted by atomic mass is 35.5. The first-order valence-electron chi connectivity index (χ1n) is 5.56. The molecular formula is C12H13ClN2O4S. The molecule has 0 saturated heterocycles. The van der Waals surface area contributed by atoms with E-state index in [9.17, 15) is 14.4 Å². The van der Waals surface area contributed by atoms with E-state index >= 15 is 0 Å². The Morgan fingerprint density at radius 1 is 1.35 bits per heavy atom. The van der Waals surface area contributed by atoms with Gasteiger partial charge in [0.25, 0.3) is 5.91 Å². The Morgan fingerprint density at radius 2 is 1.95 bits per heavy atom. The Balaban J connectivity index is 2.38. The molecule has 1 aromatic rings. The molecule has 0 bridgehead atoms. The first-order valence-corrected chi connectivity index (χ1v) is 6.93. The molecule has 1 atom stereocenters. The van der Waals surface area contributed by atoms with E-state index < -0.39 is 24.0 Å². The fourth-order valence-electron chi connectivity index (χ4n) is 1.18. The second kappa shape index (κ2) is 7.76.